The maximum Gasteiger partial charge on any atom is 0.145 e. The van der Waals surface area contributed by atoms with Crippen molar-refractivity contribution in [3.8, 4) is 0 Å². The third-order valence-electron chi connectivity index (χ3n) is 4.09. The van der Waals surface area contributed by atoms with Gasteiger partial charge in [-0.2, -0.15) is 0 Å². The normalized spacial score (nSPS) is 12.6. The molecule has 1 aromatic rings. The number of hydrogen-bond acceptors (Lipinski definition) is 1. The van der Waals surface area contributed by atoms with Gasteiger partial charge in [0.1, 0.15) is 10.5 Å². The van der Waals surface area contributed by atoms with Gasteiger partial charge in [-0.3, -0.25) is 0 Å². The molecule has 0 aliphatic carbocycles. The standard InChI is InChI=1S/C15H26OSi/c1-12(2)15(13(3)4,10-11-16-17)14-8-6-5-7-9-14/h5-9,12-13H,10-11H2,1-4,17H3. The molecule has 0 saturated heterocycles. The summed E-state index contributed by atoms with van der Waals surface area (Å²) in [6, 6.07) is 10.9. The summed E-state index contributed by atoms with van der Waals surface area (Å²) in [6.45, 7) is 10.2. The van der Waals surface area contributed by atoms with Crippen LogP contribution in [0.5, 0.6) is 0 Å². The Labute approximate surface area is 109 Å². The molecule has 0 bridgehead atoms. The fourth-order valence-corrected chi connectivity index (χ4v) is 3.28. The van der Waals surface area contributed by atoms with Crippen molar-refractivity contribution >= 4 is 10.5 Å². The number of benzene rings is 1. The summed E-state index contributed by atoms with van der Waals surface area (Å²) in [5, 5.41) is 0. The molecule has 0 aliphatic heterocycles. The average molecular weight is 250 g/mol. The molecule has 1 rings (SSSR count). The zero-order chi connectivity index (χ0) is 12.9. The smallest absolute Gasteiger partial charge is 0.145 e. The molecule has 1 aromatic carbocycles. The van der Waals surface area contributed by atoms with Crippen LogP contribution in [0.15, 0.2) is 30.3 Å². The molecule has 0 spiro atoms. The van der Waals surface area contributed by atoms with Crippen molar-refractivity contribution < 1.29 is 4.43 Å². The summed E-state index contributed by atoms with van der Waals surface area (Å²) >= 11 is 0. The van der Waals surface area contributed by atoms with Crippen LogP contribution in [0.3, 0.4) is 0 Å². The van der Waals surface area contributed by atoms with Crippen LogP contribution in [-0.2, 0) is 9.84 Å². The molecule has 0 aliphatic rings. The van der Waals surface area contributed by atoms with E-state index in [0.29, 0.717) is 11.8 Å². The van der Waals surface area contributed by atoms with Gasteiger partial charge in [-0.15, -0.1) is 0 Å². The molecular formula is C15H26OSi. The van der Waals surface area contributed by atoms with Gasteiger partial charge in [0.15, 0.2) is 0 Å². The van der Waals surface area contributed by atoms with E-state index in [-0.39, 0.29) is 5.41 Å². The van der Waals surface area contributed by atoms with Crippen molar-refractivity contribution in [1.29, 1.82) is 0 Å². The molecule has 96 valence electrons. The molecule has 0 fully saturated rings. The minimum atomic E-state index is 0.242. The second-order valence-corrected chi connectivity index (χ2v) is 6.04. The first-order valence-corrected chi connectivity index (χ1v) is 7.41. The highest BCUT2D eigenvalue weighted by molar-refractivity contribution is 5.97. The van der Waals surface area contributed by atoms with E-state index in [9.17, 15) is 0 Å². The lowest BCUT2D eigenvalue weighted by atomic mass is 9.63. The molecular weight excluding hydrogens is 224 g/mol. The maximum absolute atomic E-state index is 5.46. The number of rotatable bonds is 6. The van der Waals surface area contributed by atoms with Gasteiger partial charge in [0.05, 0.1) is 0 Å². The molecule has 0 atom stereocenters. The van der Waals surface area contributed by atoms with E-state index in [4.69, 9.17) is 4.43 Å². The van der Waals surface area contributed by atoms with Crippen LogP contribution in [0.4, 0.5) is 0 Å². The minimum absolute atomic E-state index is 0.242. The third-order valence-corrected chi connectivity index (χ3v) is 4.50. The zero-order valence-electron chi connectivity index (χ0n) is 11.9. The predicted molar refractivity (Wildman–Crippen MR) is 78.3 cm³/mol. The van der Waals surface area contributed by atoms with Crippen molar-refractivity contribution in [3.63, 3.8) is 0 Å². The van der Waals surface area contributed by atoms with Crippen molar-refractivity contribution in [2.45, 2.75) is 39.5 Å². The molecule has 1 nitrogen and oxygen atoms in total. The molecule has 17 heavy (non-hydrogen) atoms. The lowest BCUT2D eigenvalue weighted by molar-refractivity contribution is 0.165. The molecule has 0 radical (unpaired) electrons. The number of hydrogen-bond donors (Lipinski definition) is 0. The van der Waals surface area contributed by atoms with Crippen LogP contribution in [0, 0.1) is 11.8 Å². The largest absolute Gasteiger partial charge is 0.428 e. The Morgan fingerprint density at radius 2 is 1.59 bits per heavy atom. The quantitative estimate of drug-likeness (QED) is 0.705. The summed E-state index contributed by atoms with van der Waals surface area (Å²) in [5.41, 5.74) is 1.70. The van der Waals surface area contributed by atoms with Crippen LogP contribution in [0.2, 0.25) is 0 Å². The molecule has 0 saturated carbocycles. The highest BCUT2D eigenvalue weighted by atomic mass is 28.2. The lowest BCUT2D eigenvalue weighted by Crippen LogP contribution is -2.39. The van der Waals surface area contributed by atoms with E-state index >= 15 is 0 Å². The van der Waals surface area contributed by atoms with Crippen LogP contribution in [0.25, 0.3) is 0 Å². The van der Waals surface area contributed by atoms with Gasteiger partial charge in [0, 0.05) is 12.0 Å². The van der Waals surface area contributed by atoms with Crippen LogP contribution in [-0.4, -0.2) is 17.1 Å². The van der Waals surface area contributed by atoms with E-state index in [1.54, 1.807) is 0 Å². The van der Waals surface area contributed by atoms with E-state index in [1.807, 2.05) is 0 Å². The molecule has 0 heterocycles. The summed E-state index contributed by atoms with van der Waals surface area (Å²) in [6.07, 6.45) is 1.12. The summed E-state index contributed by atoms with van der Waals surface area (Å²) < 4.78 is 5.46. The van der Waals surface area contributed by atoms with Gasteiger partial charge in [-0.05, 0) is 23.8 Å². The fourth-order valence-electron chi connectivity index (χ4n) is 3.07. The van der Waals surface area contributed by atoms with Crippen molar-refractivity contribution in [2.75, 3.05) is 6.61 Å². The van der Waals surface area contributed by atoms with Gasteiger partial charge < -0.3 is 4.43 Å². The van der Waals surface area contributed by atoms with Crippen LogP contribution >= 0.6 is 0 Å². The Morgan fingerprint density at radius 3 is 2.00 bits per heavy atom. The highest BCUT2D eigenvalue weighted by Gasteiger charge is 2.38. The molecule has 0 amide bonds. The Kier molecular flexibility index (Phi) is 5.41. The summed E-state index contributed by atoms with van der Waals surface area (Å²) in [7, 11) is 0.836. The minimum Gasteiger partial charge on any atom is -0.428 e. The third kappa shape index (κ3) is 2.99. The monoisotopic (exact) mass is 250 g/mol. The summed E-state index contributed by atoms with van der Waals surface area (Å²) in [4.78, 5) is 0. The average Bonchev–Trinajstić information content (AvgIpc) is 2.30. The van der Waals surface area contributed by atoms with Crippen molar-refractivity contribution in [3.05, 3.63) is 35.9 Å². The molecule has 0 unspecified atom stereocenters. The zero-order valence-corrected chi connectivity index (χ0v) is 13.9. The van der Waals surface area contributed by atoms with Gasteiger partial charge in [0.2, 0.25) is 0 Å². The molecule has 2 heteroatoms. The molecule has 0 aromatic heterocycles. The Bertz CT molecular complexity index is 311. The van der Waals surface area contributed by atoms with E-state index < -0.39 is 0 Å². The highest BCUT2D eigenvalue weighted by Crippen LogP contribution is 2.42. The van der Waals surface area contributed by atoms with Crippen molar-refractivity contribution in [1.82, 2.24) is 0 Å². The van der Waals surface area contributed by atoms with E-state index in [2.05, 4.69) is 58.0 Å². The Morgan fingerprint density at radius 1 is 1.06 bits per heavy atom. The fraction of sp³-hybridized carbons (Fsp3) is 0.600. The summed E-state index contributed by atoms with van der Waals surface area (Å²) in [5.74, 6) is 1.25. The van der Waals surface area contributed by atoms with E-state index in [1.165, 1.54) is 5.56 Å². The predicted octanol–water partition coefficient (Wildman–Crippen LogP) is 2.92. The first-order valence-electron chi connectivity index (χ1n) is 6.60. The topological polar surface area (TPSA) is 9.23 Å². The van der Waals surface area contributed by atoms with E-state index in [0.717, 1.165) is 23.5 Å². The first kappa shape index (κ1) is 14.5. The lowest BCUT2D eigenvalue weighted by Gasteiger charge is -2.42. The second kappa shape index (κ2) is 6.36. The Balaban J connectivity index is 3.15. The van der Waals surface area contributed by atoms with Crippen LogP contribution in [0.1, 0.15) is 39.7 Å². The van der Waals surface area contributed by atoms with Gasteiger partial charge in [0.25, 0.3) is 0 Å². The van der Waals surface area contributed by atoms with Gasteiger partial charge in [-0.25, -0.2) is 0 Å². The van der Waals surface area contributed by atoms with Crippen LogP contribution < -0.4 is 0 Å². The SMILES string of the molecule is CC(C)C(CCO[SiH3])(c1ccccc1)C(C)C. The first-order chi connectivity index (χ1) is 8.05. The van der Waals surface area contributed by atoms with Gasteiger partial charge >= 0.3 is 0 Å². The second-order valence-electron chi connectivity index (χ2n) is 5.46. The van der Waals surface area contributed by atoms with Crippen molar-refractivity contribution in [2.24, 2.45) is 11.8 Å². The maximum atomic E-state index is 5.46. The molecule has 0 N–H and O–H groups in total. The Hall–Kier alpha value is -0.603. The van der Waals surface area contributed by atoms with Gasteiger partial charge in [-0.1, -0.05) is 58.0 Å².